The number of para-hydroxylation sites is 1. The van der Waals surface area contributed by atoms with Gasteiger partial charge in [-0.3, -0.25) is 4.79 Å². The predicted molar refractivity (Wildman–Crippen MR) is 110 cm³/mol. The first-order valence-electron chi connectivity index (χ1n) is 9.98. The van der Waals surface area contributed by atoms with Crippen LogP contribution in [0.25, 0.3) is 0 Å². The molecule has 1 amide bonds. The van der Waals surface area contributed by atoms with Crippen LogP contribution in [0.5, 0.6) is 5.75 Å². The van der Waals surface area contributed by atoms with Crippen molar-refractivity contribution in [3.8, 4) is 5.75 Å². The Morgan fingerprint density at radius 3 is 2.52 bits per heavy atom. The molecule has 3 rings (SSSR count). The van der Waals surface area contributed by atoms with E-state index in [1.165, 1.54) is 36.0 Å². The monoisotopic (exact) mass is 365 g/mol. The van der Waals surface area contributed by atoms with E-state index in [9.17, 15) is 4.79 Å². The summed E-state index contributed by atoms with van der Waals surface area (Å²) in [5, 5.41) is 3.07. The maximum atomic E-state index is 12.4. The molecule has 1 aliphatic rings. The minimum Gasteiger partial charge on any atom is -0.483 e. The summed E-state index contributed by atoms with van der Waals surface area (Å²) in [5.41, 5.74) is 5.16. The molecule has 1 unspecified atom stereocenters. The maximum absolute atomic E-state index is 12.4. The quantitative estimate of drug-likeness (QED) is 0.799. The number of hydrogen-bond donors (Lipinski definition) is 1. The van der Waals surface area contributed by atoms with E-state index in [1.807, 2.05) is 25.1 Å². The average molecular weight is 366 g/mol. The zero-order chi connectivity index (χ0) is 19.4. The zero-order valence-electron chi connectivity index (χ0n) is 17.0. The van der Waals surface area contributed by atoms with Crippen LogP contribution in [0.3, 0.4) is 0 Å². The largest absolute Gasteiger partial charge is 0.483 e. The highest BCUT2D eigenvalue weighted by atomic mass is 16.5. The molecule has 2 aromatic rings. The van der Waals surface area contributed by atoms with Crippen molar-refractivity contribution in [2.75, 3.05) is 6.61 Å². The second-order valence-corrected chi connectivity index (χ2v) is 8.56. The van der Waals surface area contributed by atoms with Crippen LogP contribution >= 0.6 is 0 Å². The van der Waals surface area contributed by atoms with E-state index < -0.39 is 0 Å². The molecule has 0 aliphatic heterocycles. The fraction of sp³-hybridized carbons (Fsp3) is 0.458. The topological polar surface area (TPSA) is 38.3 Å². The summed E-state index contributed by atoms with van der Waals surface area (Å²) in [6.07, 6.45) is 4.87. The number of rotatable bonds is 5. The Balaban J connectivity index is 1.60. The molecule has 0 spiro atoms. The van der Waals surface area contributed by atoms with E-state index in [4.69, 9.17) is 4.74 Å². The number of benzene rings is 2. The van der Waals surface area contributed by atoms with Gasteiger partial charge in [0.15, 0.2) is 6.61 Å². The fourth-order valence-corrected chi connectivity index (χ4v) is 3.74. The molecule has 2 aromatic carbocycles. The first kappa shape index (κ1) is 19.5. The first-order valence-corrected chi connectivity index (χ1v) is 9.98. The minimum atomic E-state index is -0.0936. The van der Waals surface area contributed by atoms with Crippen LogP contribution in [0.1, 0.15) is 68.8 Å². The molecule has 0 saturated carbocycles. The van der Waals surface area contributed by atoms with Gasteiger partial charge in [0.25, 0.3) is 5.91 Å². The average Bonchev–Trinajstić information content (AvgIpc) is 2.65. The van der Waals surface area contributed by atoms with E-state index in [0.29, 0.717) is 0 Å². The Morgan fingerprint density at radius 1 is 1.07 bits per heavy atom. The second kappa shape index (κ2) is 8.16. The molecular formula is C24H31NO2. The third kappa shape index (κ3) is 4.91. The first-order chi connectivity index (χ1) is 12.8. The molecule has 0 aromatic heterocycles. The summed E-state index contributed by atoms with van der Waals surface area (Å²) in [6.45, 7) is 8.50. The molecule has 144 valence electrons. The van der Waals surface area contributed by atoms with Gasteiger partial charge in [0, 0.05) is 0 Å². The molecule has 0 bridgehead atoms. The fourth-order valence-electron chi connectivity index (χ4n) is 3.74. The zero-order valence-corrected chi connectivity index (χ0v) is 17.0. The smallest absolute Gasteiger partial charge is 0.258 e. The standard InChI is InChI=1S/C24H31NO2/c1-17(19-14-13-18-9-5-6-10-20(18)15-19)25-23(26)16-27-22-12-8-7-11-21(22)24(2,3)4/h7-8,11-15,17H,5-6,9-10,16H2,1-4H3,(H,25,26). The third-order valence-electron chi connectivity index (χ3n) is 5.30. The van der Waals surface area contributed by atoms with Gasteiger partial charge < -0.3 is 10.1 Å². The van der Waals surface area contributed by atoms with Gasteiger partial charge in [-0.25, -0.2) is 0 Å². The Hall–Kier alpha value is -2.29. The Kier molecular flexibility index (Phi) is 5.88. The summed E-state index contributed by atoms with van der Waals surface area (Å²) in [6, 6.07) is 14.5. The van der Waals surface area contributed by atoms with Crippen molar-refractivity contribution in [2.45, 2.75) is 64.8 Å². The van der Waals surface area contributed by atoms with E-state index in [0.717, 1.165) is 17.7 Å². The molecule has 0 saturated heterocycles. The van der Waals surface area contributed by atoms with E-state index in [2.05, 4.69) is 50.4 Å². The number of nitrogens with one attached hydrogen (secondary N) is 1. The molecule has 0 heterocycles. The second-order valence-electron chi connectivity index (χ2n) is 8.56. The van der Waals surface area contributed by atoms with Crippen LogP contribution < -0.4 is 10.1 Å². The van der Waals surface area contributed by atoms with Crippen LogP contribution in [0.2, 0.25) is 0 Å². The molecule has 1 N–H and O–H groups in total. The summed E-state index contributed by atoms with van der Waals surface area (Å²) in [4.78, 5) is 12.4. The maximum Gasteiger partial charge on any atom is 0.258 e. The SMILES string of the molecule is CC(NC(=O)COc1ccccc1C(C)(C)C)c1ccc2c(c1)CCCC2. The number of hydrogen-bond acceptors (Lipinski definition) is 2. The van der Waals surface area contributed by atoms with Crippen molar-refractivity contribution in [1.29, 1.82) is 0 Å². The third-order valence-corrected chi connectivity index (χ3v) is 5.30. The van der Waals surface area contributed by atoms with Crippen LogP contribution in [0, 0.1) is 0 Å². The summed E-state index contributed by atoms with van der Waals surface area (Å²) in [5.74, 6) is 0.686. The van der Waals surface area contributed by atoms with Gasteiger partial charge in [-0.05, 0) is 66.3 Å². The van der Waals surface area contributed by atoms with Gasteiger partial charge in [-0.2, -0.15) is 0 Å². The van der Waals surface area contributed by atoms with Gasteiger partial charge in [0.05, 0.1) is 6.04 Å². The van der Waals surface area contributed by atoms with Gasteiger partial charge in [-0.1, -0.05) is 57.2 Å². The minimum absolute atomic E-state index is 0.0220. The number of ether oxygens (including phenoxy) is 1. The van der Waals surface area contributed by atoms with Crippen LogP contribution in [-0.2, 0) is 23.1 Å². The number of carbonyl (C=O) groups is 1. The van der Waals surface area contributed by atoms with Gasteiger partial charge in [0.2, 0.25) is 0 Å². The van der Waals surface area contributed by atoms with Crippen molar-refractivity contribution < 1.29 is 9.53 Å². The summed E-state index contributed by atoms with van der Waals surface area (Å²) in [7, 11) is 0. The molecule has 1 atom stereocenters. The number of aryl methyl sites for hydroxylation is 2. The number of carbonyl (C=O) groups excluding carboxylic acids is 1. The highest BCUT2D eigenvalue weighted by Gasteiger charge is 2.19. The Morgan fingerprint density at radius 2 is 1.78 bits per heavy atom. The Bertz CT molecular complexity index is 804. The molecule has 3 heteroatoms. The van der Waals surface area contributed by atoms with Crippen molar-refractivity contribution in [3.05, 3.63) is 64.7 Å². The Labute approximate surface area is 163 Å². The van der Waals surface area contributed by atoms with Gasteiger partial charge in [-0.15, -0.1) is 0 Å². The lowest BCUT2D eigenvalue weighted by Gasteiger charge is -2.23. The van der Waals surface area contributed by atoms with Crippen LogP contribution in [0.15, 0.2) is 42.5 Å². The van der Waals surface area contributed by atoms with Gasteiger partial charge in [0.1, 0.15) is 5.75 Å². The van der Waals surface area contributed by atoms with Crippen molar-refractivity contribution in [1.82, 2.24) is 5.32 Å². The van der Waals surface area contributed by atoms with Crippen molar-refractivity contribution >= 4 is 5.91 Å². The summed E-state index contributed by atoms with van der Waals surface area (Å²) >= 11 is 0. The molecule has 0 radical (unpaired) electrons. The highest BCUT2D eigenvalue weighted by Crippen LogP contribution is 2.31. The van der Waals surface area contributed by atoms with Crippen LogP contribution in [0.4, 0.5) is 0 Å². The lowest BCUT2D eigenvalue weighted by atomic mass is 9.86. The number of amides is 1. The van der Waals surface area contributed by atoms with E-state index in [1.54, 1.807) is 0 Å². The van der Waals surface area contributed by atoms with Crippen molar-refractivity contribution in [3.63, 3.8) is 0 Å². The van der Waals surface area contributed by atoms with Crippen molar-refractivity contribution in [2.24, 2.45) is 0 Å². The lowest BCUT2D eigenvalue weighted by molar-refractivity contribution is -0.123. The highest BCUT2D eigenvalue weighted by molar-refractivity contribution is 5.78. The van der Waals surface area contributed by atoms with E-state index >= 15 is 0 Å². The normalized spacial score (nSPS) is 15.0. The van der Waals surface area contributed by atoms with Gasteiger partial charge >= 0.3 is 0 Å². The number of fused-ring (bicyclic) bond motifs is 1. The molecule has 1 aliphatic carbocycles. The molecule has 0 fully saturated rings. The van der Waals surface area contributed by atoms with E-state index in [-0.39, 0.29) is 24.0 Å². The molecule has 27 heavy (non-hydrogen) atoms. The lowest BCUT2D eigenvalue weighted by Crippen LogP contribution is -2.31. The molecular weight excluding hydrogens is 334 g/mol. The predicted octanol–water partition coefficient (Wildman–Crippen LogP) is 5.12. The summed E-state index contributed by atoms with van der Waals surface area (Å²) < 4.78 is 5.84. The van der Waals surface area contributed by atoms with Crippen LogP contribution in [-0.4, -0.2) is 12.5 Å². The molecule has 3 nitrogen and oxygen atoms in total.